The van der Waals surface area contributed by atoms with E-state index in [1.807, 2.05) is 0 Å². The Bertz CT molecular complexity index is 626. The summed E-state index contributed by atoms with van der Waals surface area (Å²) >= 11 is 0. The highest BCUT2D eigenvalue weighted by Gasteiger charge is 2.14. The van der Waals surface area contributed by atoms with Gasteiger partial charge in [-0.25, -0.2) is 8.42 Å². The van der Waals surface area contributed by atoms with Crippen LogP contribution in [-0.2, 0) is 14.6 Å². The third-order valence-corrected chi connectivity index (χ3v) is 4.05. The first kappa shape index (κ1) is 17.0. The minimum atomic E-state index is -3.49. The summed E-state index contributed by atoms with van der Waals surface area (Å²) in [6, 6.07) is 6.01. The van der Waals surface area contributed by atoms with Crippen LogP contribution >= 0.6 is 0 Å². The highest BCUT2D eigenvalue weighted by Crippen LogP contribution is 2.16. The predicted molar refractivity (Wildman–Crippen MR) is 77.7 cm³/mol. The van der Waals surface area contributed by atoms with Gasteiger partial charge >= 0.3 is 5.97 Å². The van der Waals surface area contributed by atoms with Crippen molar-refractivity contribution in [3.05, 3.63) is 24.3 Å². The van der Waals surface area contributed by atoms with Gasteiger partial charge in [-0.05, 0) is 31.2 Å². The Morgan fingerprint density at radius 1 is 1.33 bits per heavy atom. The molecule has 0 saturated carbocycles. The van der Waals surface area contributed by atoms with Crippen LogP contribution < -0.4 is 10.1 Å². The molecular formula is C14H17NO5S. The molecule has 0 radical (unpaired) electrons. The van der Waals surface area contributed by atoms with Crippen LogP contribution in [0.5, 0.6) is 5.75 Å². The second-order valence-corrected chi connectivity index (χ2v) is 6.08. The SMILES string of the molecule is CC#CCOc1ccc(S(=O)(=O)CNCCC(=O)O)cc1. The average molecular weight is 311 g/mol. The van der Waals surface area contributed by atoms with Gasteiger partial charge in [0.25, 0.3) is 0 Å². The van der Waals surface area contributed by atoms with Crippen molar-refractivity contribution in [2.45, 2.75) is 18.2 Å². The van der Waals surface area contributed by atoms with Crippen LogP contribution in [0.2, 0.25) is 0 Å². The quantitative estimate of drug-likeness (QED) is 0.547. The van der Waals surface area contributed by atoms with Crippen molar-refractivity contribution in [2.24, 2.45) is 0 Å². The fourth-order valence-corrected chi connectivity index (χ4v) is 2.55. The molecule has 0 heterocycles. The van der Waals surface area contributed by atoms with Crippen LogP contribution in [0.25, 0.3) is 0 Å². The monoisotopic (exact) mass is 311 g/mol. The predicted octanol–water partition coefficient (Wildman–Crippen LogP) is 0.884. The van der Waals surface area contributed by atoms with Crippen molar-refractivity contribution in [1.29, 1.82) is 0 Å². The molecule has 0 aliphatic heterocycles. The van der Waals surface area contributed by atoms with Crippen LogP contribution in [0, 0.1) is 11.8 Å². The number of benzene rings is 1. The fourth-order valence-electron chi connectivity index (χ4n) is 1.42. The Morgan fingerprint density at radius 2 is 2.00 bits per heavy atom. The number of rotatable bonds is 8. The topological polar surface area (TPSA) is 92.7 Å². The van der Waals surface area contributed by atoms with Crippen molar-refractivity contribution in [2.75, 3.05) is 19.0 Å². The van der Waals surface area contributed by atoms with E-state index >= 15 is 0 Å². The fraction of sp³-hybridized carbons (Fsp3) is 0.357. The summed E-state index contributed by atoms with van der Waals surface area (Å²) in [7, 11) is -3.49. The molecule has 0 saturated heterocycles. The van der Waals surface area contributed by atoms with E-state index < -0.39 is 15.8 Å². The first-order valence-electron chi connectivity index (χ1n) is 6.23. The molecule has 0 fully saturated rings. The summed E-state index contributed by atoms with van der Waals surface area (Å²) in [5.41, 5.74) is 0. The molecule has 21 heavy (non-hydrogen) atoms. The zero-order chi connectivity index (χ0) is 15.7. The van der Waals surface area contributed by atoms with Gasteiger partial charge in [0.1, 0.15) is 18.2 Å². The van der Waals surface area contributed by atoms with Crippen LogP contribution in [-0.4, -0.2) is 38.5 Å². The molecule has 6 nitrogen and oxygen atoms in total. The lowest BCUT2D eigenvalue weighted by Gasteiger charge is -2.07. The Hall–Kier alpha value is -2.04. The first-order valence-corrected chi connectivity index (χ1v) is 7.88. The molecular weight excluding hydrogens is 294 g/mol. The van der Waals surface area contributed by atoms with Gasteiger partial charge in [-0.15, -0.1) is 5.92 Å². The number of hydrogen-bond acceptors (Lipinski definition) is 5. The minimum Gasteiger partial charge on any atom is -0.481 e. The number of nitrogens with one attached hydrogen (secondary N) is 1. The molecule has 1 aromatic carbocycles. The van der Waals surface area contributed by atoms with Gasteiger partial charge in [-0.3, -0.25) is 4.79 Å². The van der Waals surface area contributed by atoms with E-state index in [1.165, 1.54) is 12.1 Å². The van der Waals surface area contributed by atoms with Gasteiger partial charge < -0.3 is 15.2 Å². The number of carboxylic acids is 1. The van der Waals surface area contributed by atoms with Crippen LogP contribution in [0.1, 0.15) is 13.3 Å². The highest BCUT2D eigenvalue weighted by molar-refractivity contribution is 7.91. The lowest BCUT2D eigenvalue weighted by molar-refractivity contribution is -0.136. The third kappa shape index (κ3) is 6.29. The maximum Gasteiger partial charge on any atom is 0.304 e. The van der Waals surface area contributed by atoms with E-state index in [-0.39, 0.29) is 30.3 Å². The molecule has 0 bridgehead atoms. The summed E-state index contributed by atoms with van der Waals surface area (Å²) in [5, 5.41) is 11.1. The molecule has 114 valence electrons. The Kier molecular flexibility index (Phi) is 6.72. The van der Waals surface area contributed by atoms with E-state index in [1.54, 1.807) is 19.1 Å². The van der Waals surface area contributed by atoms with Gasteiger partial charge in [0.15, 0.2) is 9.84 Å². The van der Waals surface area contributed by atoms with Gasteiger partial charge in [-0.1, -0.05) is 5.92 Å². The standard InChI is InChI=1S/C14H17NO5S/c1-2-3-10-20-12-4-6-13(7-5-12)21(18,19)11-15-9-8-14(16)17/h4-7,15H,8-11H2,1H3,(H,16,17). The summed E-state index contributed by atoms with van der Waals surface area (Å²) in [5.74, 6) is 4.68. The molecule has 2 N–H and O–H groups in total. The molecule has 1 aromatic rings. The summed E-state index contributed by atoms with van der Waals surface area (Å²) in [6.07, 6.45) is -0.124. The maximum atomic E-state index is 12.0. The Labute approximate surface area is 124 Å². The second-order valence-electron chi connectivity index (χ2n) is 4.09. The minimum absolute atomic E-state index is 0.103. The van der Waals surface area contributed by atoms with Crippen LogP contribution in [0.3, 0.4) is 0 Å². The molecule has 0 aliphatic rings. The molecule has 0 spiro atoms. The second kappa shape index (κ2) is 8.29. The molecule has 1 rings (SSSR count). The lowest BCUT2D eigenvalue weighted by atomic mass is 10.3. The largest absolute Gasteiger partial charge is 0.481 e. The normalized spacial score (nSPS) is 10.5. The van der Waals surface area contributed by atoms with Crippen LogP contribution in [0.4, 0.5) is 0 Å². The molecule has 0 atom stereocenters. The lowest BCUT2D eigenvalue weighted by Crippen LogP contribution is -2.25. The van der Waals surface area contributed by atoms with Crippen molar-refractivity contribution >= 4 is 15.8 Å². The molecule has 0 amide bonds. The Morgan fingerprint density at radius 3 is 2.57 bits per heavy atom. The van der Waals surface area contributed by atoms with Crippen LogP contribution in [0.15, 0.2) is 29.2 Å². The summed E-state index contributed by atoms with van der Waals surface area (Å²) in [4.78, 5) is 10.5. The van der Waals surface area contributed by atoms with Gasteiger partial charge in [-0.2, -0.15) is 0 Å². The third-order valence-electron chi connectivity index (χ3n) is 2.48. The highest BCUT2D eigenvalue weighted by atomic mass is 32.2. The molecule has 0 aromatic heterocycles. The number of sulfone groups is 1. The first-order chi connectivity index (χ1) is 9.95. The van der Waals surface area contributed by atoms with Gasteiger partial charge in [0.05, 0.1) is 11.3 Å². The molecule has 7 heteroatoms. The molecule has 0 aliphatic carbocycles. The van der Waals surface area contributed by atoms with E-state index in [0.717, 1.165) is 0 Å². The summed E-state index contributed by atoms with van der Waals surface area (Å²) < 4.78 is 29.2. The van der Waals surface area contributed by atoms with Gasteiger partial charge in [0, 0.05) is 6.54 Å². The van der Waals surface area contributed by atoms with Crippen molar-refractivity contribution in [1.82, 2.24) is 5.32 Å². The number of carbonyl (C=O) groups is 1. The molecule has 0 unspecified atom stereocenters. The van der Waals surface area contributed by atoms with Crippen molar-refractivity contribution in [3.63, 3.8) is 0 Å². The summed E-state index contributed by atoms with van der Waals surface area (Å²) in [6.45, 7) is 2.06. The Balaban J connectivity index is 2.57. The van der Waals surface area contributed by atoms with E-state index in [9.17, 15) is 13.2 Å². The van der Waals surface area contributed by atoms with E-state index in [2.05, 4.69) is 17.2 Å². The smallest absolute Gasteiger partial charge is 0.304 e. The van der Waals surface area contributed by atoms with Gasteiger partial charge in [0.2, 0.25) is 0 Å². The van der Waals surface area contributed by atoms with E-state index in [0.29, 0.717) is 5.75 Å². The number of ether oxygens (including phenoxy) is 1. The zero-order valence-corrected chi connectivity index (χ0v) is 12.4. The maximum absolute atomic E-state index is 12.0. The number of aliphatic carboxylic acids is 1. The number of hydrogen-bond donors (Lipinski definition) is 2. The average Bonchev–Trinajstić information content (AvgIpc) is 2.44. The number of carboxylic acid groups (broad SMARTS) is 1. The zero-order valence-electron chi connectivity index (χ0n) is 11.6. The van der Waals surface area contributed by atoms with Crippen molar-refractivity contribution < 1.29 is 23.1 Å². The van der Waals surface area contributed by atoms with E-state index in [4.69, 9.17) is 9.84 Å². The van der Waals surface area contributed by atoms with Crippen molar-refractivity contribution in [3.8, 4) is 17.6 Å².